The van der Waals surface area contributed by atoms with E-state index in [1.54, 1.807) is 30.3 Å². The Kier molecular flexibility index (Phi) is 7.02. The highest BCUT2D eigenvalue weighted by atomic mass is 16.5. The summed E-state index contributed by atoms with van der Waals surface area (Å²) >= 11 is 0. The molecule has 6 nitrogen and oxygen atoms in total. The van der Waals surface area contributed by atoms with Gasteiger partial charge in [0.25, 0.3) is 5.91 Å². The van der Waals surface area contributed by atoms with Crippen LogP contribution < -0.4 is 14.8 Å². The Morgan fingerprint density at radius 2 is 1.65 bits per heavy atom. The second-order valence-electron chi connectivity index (χ2n) is 5.51. The van der Waals surface area contributed by atoms with Crippen LogP contribution >= 0.6 is 0 Å². The van der Waals surface area contributed by atoms with Gasteiger partial charge in [-0.15, -0.1) is 0 Å². The van der Waals surface area contributed by atoms with Gasteiger partial charge in [0, 0.05) is 6.07 Å². The minimum absolute atomic E-state index is 0.392. The second kappa shape index (κ2) is 9.46. The maximum atomic E-state index is 12.1. The number of amides is 1. The van der Waals surface area contributed by atoms with Crippen molar-refractivity contribution in [3.05, 3.63) is 53.6 Å². The summed E-state index contributed by atoms with van der Waals surface area (Å²) in [6.07, 6.45) is 0. The van der Waals surface area contributed by atoms with E-state index < -0.39 is 18.5 Å². The summed E-state index contributed by atoms with van der Waals surface area (Å²) in [7, 11) is 0. The fourth-order valence-electron chi connectivity index (χ4n) is 2.23. The maximum absolute atomic E-state index is 12.1. The molecule has 0 aliphatic rings. The van der Waals surface area contributed by atoms with Crippen molar-refractivity contribution in [3.8, 4) is 11.5 Å². The molecule has 0 aliphatic carbocycles. The average molecular weight is 357 g/mol. The number of hydrogen-bond donors (Lipinski definition) is 1. The molecule has 0 heterocycles. The summed E-state index contributed by atoms with van der Waals surface area (Å²) in [5.41, 5.74) is 1.91. The van der Waals surface area contributed by atoms with Crippen LogP contribution in [0.4, 0.5) is 5.69 Å². The minimum atomic E-state index is -0.548. The van der Waals surface area contributed by atoms with E-state index in [0.29, 0.717) is 36.0 Å². The van der Waals surface area contributed by atoms with E-state index in [0.717, 1.165) is 5.56 Å². The van der Waals surface area contributed by atoms with Crippen LogP contribution in [0.1, 0.15) is 29.8 Å². The van der Waals surface area contributed by atoms with Crippen molar-refractivity contribution >= 4 is 17.6 Å². The van der Waals surface area contributed by atoms with Gasteiger partial charge in [0.1, 0.15) is 11.5 Å². The van der Waals surface area contributed by atoms with Gasteiger partial charge in [0.05, 0.1) is 24.5 Å². The van der Waals surface area contributed by atoms with Gasteiger partial charge in [0.15, 0.2) is 6.61 Å². The predicted octanol–water partition coefficient (Wildman–Crippen LogP) is 3.59. The molecular weight excluding hydrogens is 334 g/mol. The highest BCUT2D eigenvalue weighted by Gasteiger charge is 2.13. The largest absolute Gasteiger partial charge is 0.494 e. The first-order chi connectivity index (χ1) is 12.5. The van der Waals surface area contributed by atoms with Crippen molar-refractivity contribution in [1.82, 2.24) is 0 Å². The van der Waals surface area contributed by atoms with Crippen LogP contribution in [0.15, 0.2) is 42.5 Å². The zero-order valence-electron chi connectivity index (χ0n) is 15.2. The van der Waals surface area contributed by atoms with Gasteiger partial charge in [-0.25, -0.2) is 4.79 Å². The zero-order chi connectivity index (χ0) is 18.9. The molecule has 0 saturated heterocycles. The molecule has 0 fully saturated rings. The van der Waals surface area contributed by atoms with Crippen LogP contribution in [0, 0.1) is 6.92 Å². The minimum Gasteiger partial charge on any atom is -0.494 e. The van der Waals surface area contributed by atoms with Gasteiger partial charge in [-0.05, 0) is 45.0 Å². The zero-order valence-corrected chi connectivity index (χ0v) is 15.2. The van der Waals surface area contributed by atoms with Crippen molar-refractivity contribution in [1.29, 1.82) is 0 Å². The van der Waals surface area contributed by atoms with Crippen molar-refractivity contribution in [2.24, 2.45) is 0 Å². The summed E-state index contributed by atoms with van der Waals surface area (Å²) in [6, 6.07) is 12.1. The van der Waals surface area contributed by atoms with Crippen LogP contribution in [0.2, 0.25) is 0 Å². The smallest absolute Gasteiger partial charge is 0.338 e. The molecule has 0 aliphatic heterocycles. The molecule has 138 valence electrons. The fourth-order valence-corrected chi connectivity index (χ4v) is 2.23. The topological polar surface area (TPSA) is 73.9 Å². The van der Waals surface area contributed by atoms with Crippen LogP contribution in [-0.4, -0.2) is 31.7 Å². The summed E-state index contributed by atoms with van der Waals surface area (Å²) in [4.78, 5) is 24.1. The fraction of sp³-hybridized carbons (Fsp3) is 0.300. The third-order valence-corrected chi connectivity index (χ3v) is 3.46. The Morgan fingerprint density at radius 1 is 0.962 bits per heavy atom. The van der Waals surface area contributed by atoms with E-state index in [-0.39, 0.29) is 0 Å². The first-order valence-corrected chi connectivity index (χ1v) is 8.46. The predicted molar refractivity (Wildman–Crippen MR) is 98.9 cm³/mol. The highest BCUT2D eigenvalue weighted by molar-refractivity contribution is 5.96. The van der Waals surface area contributed by atoms with Gasteiger partial charge < -0.3 is 19.5 Å². The molecular formula is C20H23NO5. The van der Waals surface area contributed by atoms with Crippen LogP contribution in [-0.2, 0) is 9.53 Å². The lowest BCUT2D eigenvalue weighted by atomic mass is 10.1. The van der Waals surface area contributed by atoms with E-state index >= 15 is 0 Å². The molecule has 2 aromatic carbocycles. The number of aryl methyl sites for hydroxylation is 1. The third-order valence-electron chi connectivity index (χ3n) is 3.46. The quantitative estimate of drug-likeness (QED) is 0.731. The number of esters is 1. The Bertz CT molecular complexity index is 755. The lowest BCUT2D eigenvalue weighted by Crippen LogP contribution is -2.21. The highest BCUT2D eigenvalue weighted by Crippen LogP contribution is 2.29. The SMILES string of the molecule is CCOc1ccc(OCC)c(NC(=O)COC(=O)c2ccc(C)cc2)c1. The van der Waals surface area contributed by atoms with Crippen LogP contribution in [0.25, 0.3) is 0 Å². The van der Waals surface area contributed by atoms with E-state index in [2.05, 4.69) is 5.32 Å². The van der Waals surface area contributed by atoms with Gasteiger partial charge in [0.2, 0.25) is 0 Å². The Morgan fingerprint density at radius 3 is 2.31 bits per heavy atom. The number of anilines is 1. The number of hydrogen-bond acceptors (Lipinski definition) is 5. The first kappa shape index (κ1) is 19.3. The van der Waals surface area contributed by atoms with Gasteiger partial charge >= 0.3 is 5.97 Å². The molecule has 6 heteroatoms. The Labute approximate surface area is 153 Å². The molecule has 0 radical (unpaired) electrons. The van der Waals surface area contributed by atoms with Gasteiger partial charge in [-0.2, -0.15) is 0 Å². The lowest BCUT2D eigenvalue weighted by molar-refractivity contribution is -0.119. The lowest BCUT2D eigenvalue weighted by Gasteiger charge is -2.13. The number of ether oxygens (including phenoxy) is 3. The number of nitrogens with one attached hydrogen (secondary N) is 1. The van der Waals surface area contributed by atoms with Gasteiger partial charge in [-0.3, -0.25) is 4.79 Å². The molecule has 0 atom stereocenters. The molecule has 0 spiro atoms. The molecule has 1 N–H and O–H groups in total. The standard InChI is InChI=1S/C20H23NO5/c1-4-24-16-10-11-18(25-5-2)17(12-16)21-19(22)13-26-20(23)15-8-6-14(3)7-9-15/h6-12H,4-5,13H2,1-3H3,(H,21,22). The molecule has 2 rings (SSSR count). The van der Waals surface area contributed by atoms with E-state index in [1.165, 1.54) is 0 Å². The third kappa shape index (κ3) is 5.51. The summed E-state index contributed by atoms with van der Waals surface area (Å²) in [6.45, 7) is 6.23. The molecule has 26 heavy (non-hydrogen) atoms. The number of carbonyl (C=O) groups excluding carboxylic acids is 2. The van der Waals surface area contributed by atoms with Crippen LogP contribution in [0.3, 0.4) is 0 Å². The summed E-state index contributed by atoms with van der Waals surface area (Å²) < 4.78 is 16.0. The second-order valence-corrected chi connectivity index (χ2v) is 5.51. The average Bonchev–Trinajstić information content (AvgIpc) is 2.63. The van der Waals surface area contributed by atoms with Crippen LogP contribution in [0.5, 0.6) is 11.5 Å². The van der Waals surface area contributed by atoms with Crippen molar-refractivity contribution < 1.29 is 23.8 Å². The Hall–Kier alpha value is -3.02. The molecule has 0 saturated carbocycles. The Balaban J connectivity index is 1.98. The molecule has 0 unspecified atom stereocenters. The summed E-state index contributed by atoms with van der Waals surface area (Å²) in [5.74, 6) is 0.130. The number of rotatable bonds is 8. The monoisotopic (exact) mass is 357 g/mol. The number of carbonyl (C=O) groups is 2. The van der Waals surface area contributed by atoms with Crippen molar-refractivity contribution in [2.75, 3.05) is 25.1 Å². The summed E-state index contributed by atoms with van der Waals surface area (Å²) in [5, 5.41) is 2.69. The maximum Gasteiger partial charge on any atom is 0.338 e. The molecule has 2 aromatic rings. The normalized spacial score (nSPS) is 10.1. The van der Waals surface area contributed by atoms with E-state index in [9.17, 15) is 9.59 Å². The van der Waals surface area contributed by atoms with E-state index in [1.807, 2.05) is 32.9 Å². The van der Waals surface area contributed by atoms with E-state index in [4.69, 9.17) is 14.2 Å². The molecule has 1 amide bonds. The first-order valence-electron chi connectivity index (χ1n) is 8.46. The van der Waals surface area contributed by atoms with Gasteiger partial charge in [-0.1, -0.05) is 17.7 Å². The number of benzene rings is 2. The molecule has 0 bridgehead atoms. The van der Waals surface area contributed by atoms with Crippen molar-refractivity contribution in [2.45, 2.75) is 20.8 Å². The van der Waals surface area contributed by atoms with Crippen molar-refractivity contribution in [3.63, 3.8) is 0 Å². The molecule has 0 aromatic heterocycles.